The first-order valence-electron chi connectivity index (χ1n) is 9.47. The van der Waals surface area contributed by atoms with Crippen LogP contribution in [0.4, 0.5) is 0 Å². The zero-order chi connectivity index (χ0) is 23.8. The summed E-state index contributed by atoms with van der Waals surface area (Å²) in [6.07, 6.45) is 0.116. The van der Waals surface area contributed by atoms with Crippen LogP contribution in [-0.2, 0) is 31.3 Å². The number of carbonyl (C=O) groups excluding carboxylic acids is 1. The molecule has 0 radical (unpaired) electrons. The highest BCUT2D eigenvalue weighted by Crippen LogP contribution is 2.45. The molecule has 32 heavy (non-hydrogen) atoms. The van der Waals surface area contributed by atoms with Gasteiger partial charge in [-0.3, -0.25) is 15.2 Å². The average Bonchev–Trinajstić information content (AvgIpc) is 3.18. The highest BCUT2D eigenvalue weighted by Gasteiger charge is 2.42. The molecule has 1 aromatic heterocycles. The number of amides is 1. The Morgan fingerprint density at radius 2 is 1.91 bits per heavy atom. The summed E-state index contributed by atoms with van der Waals surface area (Å²) in [6, 6.07) is 6.83. The van der Waals surface area contributed by atoms with Crippen LogP contribution in [0.2, 0.25) is 0 Å². The van der Waals surface area contributed by atoms with Gasteiger partial charge in [0.25, 0.3) is 5.91 Å². The number of sulfonamides is 1. The van der Waals surface area contributed by atoms with E-state index in [2.05, 4.69) is 4.84 Å². The highest BCUT2D eigenvalue weighted by atomic mass is 32.3. The first-order chi connectivity index (χ1) is 14.9. The molecule has 4 N–H and O–H groups in total. The standard InChI is InChI=1S/C18H23N3O8S3/c1-3-20(17(22)13-6-4-12(5-7-13)10-29-21(23)24)15-8-11(2)31(25,26)18-14(15)9-16(30-18)32(19,27)28/h4-7,9,11,15,23-24H,3,8,10H2,1-2H3,(H2,19,27,28). The fourth-order valence-electron chi connectivity index (χ4n) is 3.55. The van der Waals surface area contributed by atoms with E-state index in [1.165, 1.54) is 30.0 Å². The Kier molecular flexibility index (Phi) is 7.07. The third-order valence-electron chi connectivity index (χ3n) is 5.21. The molecule has 1 aliphatic heterocycles. The molecule has 0 aliphatic carbocycles. The van der Waals surface area contributed by atoms with Gasteiger partial charge >= 0.3 is 0 Å². The summed E-state index contributed by atoms with van der Waals surface area (Å²) >= 11 is 0.604. The quantitative estimate of drug-likeness (QED) is 0.474. The van der Waals surface area contributed by atoms with Gasteiger partial charge in [0, 0.05) is 17.7 Å². The van der Waals surface area contributed by atoms with Crippen molar-refractivity contribution in [3.63, 3.8) is 0 Å². The Morgan fingerprint density at radius 1 is 1.28 bits per heavy atom. The van der Waals surface area contributed by atoms with Gasteiger partial charge in [0.05, 0.1) is 23.3 Å². The Labute approximate surface area is 189 Å². The molecule has 2 aromatic rings. The van der Waals surface area contributed by atoms with E-state index in [0.29, 0.717) is 22.5 Å². The van der Waals surface area contributed by atoms with E-state index in [-0.39, 0.29) is 39.5 Å². The smallest absolute Gasteiger partial charge is 0.254 e. The predicted octanol–water partition coefficient (Wildman–Crippen LogP) is 1.68. The summed E-state index contributed by atoms with van der Waals surface area (Å²) in [5, 5.41) is 21.2. The number of benzene rings is 1. The molecule has 14 heteroatoms. The second-order valence-electron chi connectivity index (χ2n) is 7.27. The number of nitrogens with two attached hydrogens (primary N) is 1. The van der Waals surface area contributed by atoms with Crippen LogP contribution in [0.3, 0.4) is 0 Å². The second-order valence-corrected chi connectivity index (χ2v) is 12.7. The van der Waals surface area contributed by atoms with Crippen molar-refractivity contribution in [1.29, 1.82) is 0 Å². The van der Waals surface area contributed by atoms with E-state index in [0.717, 1.165) is 0 Å². The first kappa shape index (κ1) is 24.7. The third kappa shape index (κ3) is 4.87. The molecule has 0 spiro atoms. The van der Waals surface area contributed by atoms with Crippen molar-refractivity contribution in [2.24, 2.45) is 5.14 Å². The molecule has 11 nitrogen and oxygen atoms in total. The van der Waals surface area contributed by atoms with Gasteiger partial charge < -0.3 is 4.90 Å². The van der Waals surface area contributed by atoms with Gasteiger partial charge in [-0.15, -0.1) is 11.3 Å². The minimum Gasteiger partial charge on any atom is -0.332 e. The lowest BCUT2D eigenvalue weighted by atomic mass is 10.0. The highest BCUT2D eigenvalue weighted by molar-refractivity contribution is 7.95. The van der Waals surface area contributed by atoms with Gasteiger partial charge in [0.15, 0.2) is 9.84 Å². The van der Waals surface area contributed by atoms with Gasteiger partial charge in [-0.25, -0.2) is 26.8 Å². The summed E-state index contributed by atoms with van der Waals surface area (Å²) in [5.74, 6) is -0.364. The summed E-state index contributed by atoms with van der Waals surface area (Å²) in [6.45, 7) is 3.40. The molecule has 0 saturated carbocycles. The van der Waals surface area contributed by atoms with Crippen molar-refractivity contribution in [2.45, 2.75) is 46.6 Å². The van der Waals surface area contributed by atoms with Crippen molar-refractivity contribution >= 4 is 37.1 Å². The van der Waals surface area contributed by atoms with Crippen LogP contribution in [-0.4, -0.2) is 55.2 Å². The fourth-order valence-corrected chi connectivity index (χ4v) is 7.95. The van der Waals surface area contributed by atoms with E-state index in [1.54, 1.807) is 19.1 Å². The van der Waals surface area contributed by atoms with E-state index in [1.807, 2.05) is 0 Å². The first-order valence-corrected chi connectivity index (χ1v) is 13.4. The van der Waals surface area contributed by atoms with Gasteiger partial charge in [-0.05, 0) is 44.0 Å². The Balaban J connectivity index is 1.97. The average molecular weight is 506 g/mol. The van der Waals surface area contributed by atoms with Gasteiger partial charge in [0.1, 0.15) is 8.42 Å². The number of rotatable bonds is 7. The van der Waals surface area contributed by atoms with Crippen molar-refractivity contribution in [1.82, 2.24) is 10.3 Å². The number of sulfone groups is 1. The number of hydrogen-bond donors (Lipinski definition) is 3. The van der Waals surface area contributed by atoms with Crippen molar-refractivity contribution < 1.29 is 36.9 Å². The van der Waals surface area contributed by atoms with E-state index >= 15 is 0 Å². The van der Waals surface area contributed by atoms with E-state index in [9.17, 15) is 21.6 Å². The molecule has 2 atom stereocenters. The molecule has 1 aromatic carbocycles. The van der Waals surface area contributed by atoms with Crippen molar-refractivity contribution in [2.75, 3.05) is 6.54 Å². The minimum atomic E-state index is -4.11. The van der Waals surface area contributed by atoms with E-state index in [4.69, 9.17) is 15.6 Å². The Bertz CT molecular complexity index is 1210. The predicted molar refractivity (Wildman–Crippen MR) is 113 cm³/mol. The number of fused-ring (bicyclic) bond motifs is 1. The number of carbonyl (C=O) groups is 1. The molecule has 1 amide bonds. The van der Waals surface area contributed by atoms with Crippen LogP contribution in [0.1, 0.15) is 47.8 Å². The SMILES string of the molecule is CCN(C(=O)c1ccc(CON(O)O)cc1)C1CC(C)S(=O)(=O)c2sc(S(N)(=O)=O)cc21. The van der Waals surface area contributed by atoms with Gasteiger partial charge in [-0.2, -0.15) is 0 Å². The van der Waals surface area contributed by atoms with Crippen molar-refractivity contribution in [3.8, 4) is 0 Å². The normalized spacial score (nSPS) is 20.2. The maximum absolute atomic E-state index is 13.3. The summed E-state index contributed by atoms with van der Waals surface area (Å²) in [7, 11) is -7.85. The maximum atomic E-state index is 13.3. The summed E-state index contributed by atoms with van der Waals surface area (Å²) in [4.78, 5) is 19.3. The molecule has 2 unspecified atom stereocenters. The van der Waals surface area contributed by atoms with Crippen LogP contribution in [0.5, 0.6) is 0 Å². The van der Waals surface area contributed by atoms with Gasteiger partial charge in [0.2, 0.25) is 10.0 Å². The van der Waals surface area contributed by atoms with E-state index < -0.39 is 36.5 Å². The maximum Gasteiger partial charge on any atom is 0.254 e. The Morgan fingerprint density at radius 3 is 2.44 bits per heavy atom. The number of nitrogens with zero attached hydrogens (tertiary/aromatic N) is 2. The molecule has 3 rings (SSSR count). The largest absolute Gasteiger partial charge is 0.332 e. The lowest BCUT2D eigenvalue weighted by Gasteiger charge is -2.36. The zero-order valence-electron chi connectivity index (χ0n) is 17.2. The van der Waals surface area contributed by atoms with Crippen LogP contribution in [0, 0.1) is 0 Å². The molecule has 0 saturated heterocycles. The molecule has 0 bridgehead atoms. The van der Waals surface area contributed by atoms with Crippen molar-refractivity contribution in [3.05, 3.63) is 47.0 Å². The molecular weight excluding hydrogens is 482 g/mol. The second kappa shape index (κ2) is 9.15. The van der Waals surface area contributed by atoms with Crippen LogP contribution < -0.4 is 5.14 Å². The minimum absolute atomic E-state index is 0.0819. The van der Waals surface area contributed by atoms with Gasteiger partial charge in [-0.1, -0.05) is 12.1 Å². The fraction of sp³-hybridized carbons (Fsp3) is 0.389. The van der Waals surface area contributed by atoms with Crippen LogP contribution in [0.15, 0.2) is 38.8 Å². The molecule has 2 heterocycles. The molecule has 176 valence electrons. The zero-order valence-corrected chi connectivity index (χ0v) is 19.7. The van der Waals surface area contributed by atoms with Crippen LogP contribution in [0.25, 0.3) is 0 Å². The topological polar surface area (TPSA) is 168 Å². The van der Waals surface area contributed by atoms with Crippen LogP contribution >= 0.6 is 11.3 Å². The number of thiophene rings is 1. The number of primary sulfonamides is 1. The molecule has 1 aliphatic rings. The molecular formula is C18H23N3O8S3. The summed E-state index contributed by atoms with van der Waals surface area (Å²) in [5.41, 5.74) is 1.15. The lowest BCUT2D eigenvalue weighted by Crippen LogP contribution is -2.40. The lowest BCUT2D eigenvalue weighted by molar-refractivity contribution is -0.497. The summed E-state index contributed by atoms with van der Waals surface area (Å²) < 4.78 is 49.0. The third-order valence-corrected chi connectivity index (χ3v) is 10.5. The monoisotopic (exact) mass is 505 g/mol. The number of hydrogen-bond acceptors (Lipinski definition) is 10. The Hall–Kier alpha value is -1.91. The molecule has 0 fully saturated rings.